The van der Waals surface area contributed by atoms with Gasteiger partial charge in [-0.15, -0.1) is 0 Å². The molecule has 1 amide bonds. The number of hydrogen-bond acceptors (Lipinski definition) is 2. The van der Waals surface area contributed by atoms with Gasteiger partial charge >= 0.3 is 0 Å². The van der Waals surface area contributed by atoms with Gasteiger partial charge in [0.05, 0.1) is 6.54 Å². The molecule has 0 spiro atoms. The number of carbonyl (C=O) groups is 1. The molecule has 2 aromatic rings. The maximum absolute atomic E-state index is 12.7. The van der Waals surface area contributed by atoms with Gasteiger partial charge in [0, 0.05) is 18.1 Å². The summed E-state index contributed by atoms with van der Waals surface area (Å²) in [7, 11) is 0. The summed E-state index contributed by atoms with van der Waals surface area (Å²) >= 11 is 5.80. The molecule has 0 unspecified atom stereocenters. The van der Waals surface area contributed by atoms with Gasteiger partial charge in [0.2, 0.25) is 5.91 Å². The lowest BCUT2D eigenvalue weighted by molar-refractivity contribution is -0.120. The van der Waals surface area contributed by atoms with Gasteiger partial charge in [-0.25, -0.2) is 4.39 Å². The molecule has 0 aliphatic rings. The zero-order valence-electron chi connectivity index (χ0n) is 11.4. The molecule has 0 aromatic heterocycles. The van der Waals surface area contributed by atoms with Crippen molar-refractivity contribution in [1.29, 1.82) is 0 Å². The highest BCUT2D eigenvalue weighted by Crippen LogP contribution is 2.08. The summed E-state index contributed by atoms with van der Waals surface area (Å²) in [4.78, 5) is 11.7. The van der Waals surface area contributed by atoms with E-state index < -0.39 is 0 Å². The van der Waals surface area contributed by atoms with Crippen LogP contribution in [-0.4, -0.2) is 12.5 Å². The van der Waals surface area contributed by atoms with Crippen LogP contribution in [0.5, 0.6) is 0 Å². The van der Waals surface area contributed by atoms with Crippen LogP contribution in [0, 0.1) is 5.82 Å². The minimum absolute atomic E-state index is 0.103. The van der Waals surface area contributed by atoms with Gasteiger partial charge in [-0.1, -0.05) is 35.9 Å². The fourth-order valence-electron chi connectivity index (χ4n) is 1.79. The second-order valence-corrected chi connectivity index (χ2v) is 5.07. The Labute approximate surface area is 128 Å². The lowest BCUT2D eigenvalue weighted by Crippen LogP contribution is -2.33. The second kappa shape index (κ2) is 7.76. The van der Waals surface area contributed by atoms with E-state index in [9.17, 15) is 9.18 Å². The SMILES string of the molecule is O=C(CNCc1ccc(Cl)cc1)NCc1ccc(F)cc1. The highest BCUT2D eigenvalue weighted by Gasteiger charge is 2.01. The Kier molecular flexibility index (Phi) is 5.72. The van der Waals surface area contributed by atoms with E-state index in [1.807, 2.05) is 24.3 Å². The van der Waals surface area contributed by atoms with Crippen molar-refractivity contribution in [2.24, 2.45) is 0 Å². The maximum atomic E-state index is 12.7. The van der Waals surface area contributed by atoms with E-state index in [-0.39, 0.29) is 18.3 Å². The van der Waals surface area contributed by atoms with E-state index in [1.54, 1.807) is 12.1 Å². The molecule has 0 aliphatic carbocycles. The lowest BCUT2D eigenvalue weighted by Gasteiger charge is -2.07. The Bertz CT molecular complexity index is 584. The third-order valence-electron chi connectivity index (χ3n) is 2.93. The van der Waals surface area contributed by atoms with E-state index in [0.717, 1.165) is 11.1 Å². The van der Waals surface area contributed by atoms with Gasteiger partial charge in [-0.05, 0) is 35.4 Å². The molecular formula is C16H16ClFN2O. The molecule has 110 valence electrons. The molecule has 0 saturated heterocycles. The van der Waals surface area contributed by atoms with Crippen molar-refractivity contribution in [2.75, 3.05) is 6.54 Å². The number of halogens is 2. The standard InChI is InChI=1S/C16H16ClFN2O/c17-14-5-1-12(2-6-14)9-19-11-16(21)20-10-13-3-7-15(18)8-4-13/h1-8,19H,9-11H2,(H,20,21). The summed E-state index contributed by atoms with van der Waals surface area (Å²) in [6.07, 6.45) is 0. The fourth-order valence-corrected chi connectivity index (χ4v) is 1.91. The van der Waals surface area contributed by atoms with Gasteiger partial charge in [0.1, 0.15) is 5.82 Å². The van der Waals surface area contributed by atoms with E-state index in [1.165, 1.54) is 12.1 Å². The van der Waals surface area contributed by atoms with Crippen LogP contribution in [0.25, 0.3) is 0 Å². The van der Waals surface area contributed by atoms with Crippen LogP contribution in [0.2, 0.25) is 5.02 Å². The fraction of sp³-hybridized carbons (Fsp3) is 0.188. The van der Waals surface area contributed by atoms with Crippen LogP contribution >= 0.6 is 11.6 Å². The molecule has 5 heteroatoms. The van der Waals surface area contributed by atoms with Crippen LogP contribution in [0.1, 0.15) is 11.1 Å². The number of carbonyl (C=O) groups excluding carboxylic acids is 1. The molecule has 0 radical (unpaired) electrons. The first-order valence-corrected chi connectivity index (χ1v) is 6.97. The summed E-state index contributed by atoms with van der Waals surface area (Å²) < 4.78 is 12.7. The molecule has 0 bridgehead atoms. The molecule has 0 heterocycles. The zero-order valence-corrected chi connectivity index (χ0v) is 12.2. The largest absolute Gasteiger partial charge is 0.351 e. The quantitative estimate of drug-likeness (QED) is 0.861. The lowest BCUT2D eigenvalue weighted by atomic mass is 10.2. The van der Waals surface area contributed by atoms with Gasteiger partial charge in [0.15, 0.2) is 0 Å². The maximum Gasteiger partial charge on any atom is 0.234 e. The average molecular weight is 307 g/mol. The minimum atomic E-state index is -0.283. The third kappa shape index (κ3) is 5.53. The molecule has 2 aromatic carbocycles. The Morgan fingerprint density at radius 3 is 2.19 bits per heavy atom. The van der Waals surface area contributed by atoms with Gasteiger partial charge < -0.3 is 10.6 Å². The van der Waals surface area contributed by atoms with E-state index in [2.05, 4.69) is 10.6 Å². The third-order valence-corrected chi connectivity index (χ3v) is 3.18. The number of benzene rings is 2. The van der Waals surface area contributed by atoms with Crippen LogP contribution in [0.3, 0.4) is 0 Å². The average Bonchev–Trinajstić information content (AvgIpc) is 2.49. The molecule has 0 saturated carbocycles. The van der Waals surface area contributed by atoms with Crippen LogP contribution in [-0.2, 0) is 17.9 Å². The first-order chi connectivity index (χ1) is 10.1. The predicted molar refractivity (Wildman–Crippen MR) is 81.4 cm³/mol. The summed E-state index contributed by atoms with van der Waals surface area (Å²) in [6.45, 7) is 1.21. The first-order valence-electron chi connectivity index (χ1n) is 6.60. The van der Waals surface area contributed by atoms with Crippen molar-refractivity contribution in [3.05, 3.63) is 70.5 Å². The van der Waals surface area contributed by atoms with Crippen molar-refractivity contribution in [1.82, 2.24) is 10.6 Å². The molecule has 3 nitrogen and oxygen atoms in total. The highest BCUT2D eigenvalue weighted by molar-refractivity contribution is 6.30. The molecule has 0 aliphatic heterocycles. The summed E-state index contributed by atoms with van der Waals surface area (Å²) in [5.74, 6) is -0.386. The summed E-state index contributed by atoms with van der Waals surface area (Å²) in [5.41, 5.74) is 1.92. The zero-order chi connectivity index (χ0) is 15.1. The molecule has 2 rings (SSSR count). The van der Waals surface area contributed by atoms with Crippen LogP contribution in [0.4, 0.5) is 4.39 Å². The Morgan fingerprint density at radius 1 is 0.952 bits per heavy atom. The Hall–Kier alpha value is -1.91. The normalized spacial score (nSPS) is 10.4. The van der Waals surface area contributed by atoms with Crippen molar-refractivity contribution in [3.8, 4) is 0 Å². The first kappa shape index (κ1) is 15.5. The van der Waals surface area contributed by atoms with E-state index >= 15 is 0 Å². The van der Waals surface area contributed by atoms with Gasteiger partial charge in [-0.3, -0.25) is 4.79 Å². The minimum Gasteiger partial charge on any atom is -0.351 e. The van der Waals surface area contributed by atoms with Crippen molar-refractivity contribution in [3.63, 3.8) is 0 Å². The van der Waals surface area contributed by atoms with Gasteiger partial charge in [-0.2, -0.15) is 0 Å². The number of amides is 1. The Balaban J connectivity index is 1.67. The summed E-state index contributed by atoms with van der Waals surface area (Å²) in [6, 6.07) is 13.5. The van der Waals surface area contributed by atoms with Crippen LogP contribution in [0.15, 0.2) is 48.5 Å². The van der Waals surface area contributed by atoms with Crippen LogP contribution < -0.4 is 10.6 Å². The second-order valence-electron chi connectivity index (χ2n) is 4.63. The highest BCUT2D eigenvalue weighted by atomic mass is 35.5. The molecular weight excluding hydrogens is 291 g/mol. The molecule has 2 N–H and O–H groups in total. The number of hydrogen-bond donors (Lipinski definition) is 2. The van der Waals surface area contributed by atoms with Crippen molar-refractivity contribution < 1.29 is 9.18 Å². The van der Waals surface area contributed by atoms with Gasteiger partial charge in [0.25, 0.3) is 0 Å². The topological polar surface area (TPSA) is 41.1 Å². The van der Waals surface area contributed by atoms with E-state index in [4.69, 9.17) is 11.6 Å². The molecule has 0 atom stereocenters. The monoisotopic (exact) mass is 306 g/mol. The van der Waals surface area contributed by atoms with E-state index in [0.29, 0.717) is 18.1 Å². The summed E-state index contributed by atoms with van der Waals surface area (Å²) in [5, 5.41) is 6.51. The number of nitrogens with one attached hydrogen (secondary N) is 2. The Morgan fingerprint density at radius 2 is 1.52 bits per heavy atom. The molecule has 21 heavy (non-hydrogen) atoms. The number of rotatable bonds is 6. The van der Waals surface area contributed by atoms with Crippen molar-refractivity contribution >= 4 is 17.5 Å². The smallest absolute Gasteiger partial charge is 0.234 e. The predicted octanol–water partition coefficient (Wildman–Crippen LogP) is 2.89. The van der Waals surface area contributed by atoms with Crippen molar-refractivity contribution in [2.45, 2.75) is 13.1 Å². The molecule has 0 fully saturated rings.